The highest BCUT2D eigenvalue weighted by molar-refractivity contribution is 14.0. The number of nitrogens with zero attached hydrogens (tertiary/aromatic N) is 1. The third kappa shape index (κ3) is 9.56. The molecule has 1 fully saturated rings. The molecule has 28 heavy (non-hydrogen) atoms. The summed E-state index contributed by atoms with van der Waals surface area (Å²) in [5.74, 6) is 1.69. The molecule has 1 aliphatic rings. The van der Waals surface area contributed by atoms with E-state index in [1.807, 2.05) is 24.3 Å². The van der Waals surface area contributed by atoms with E-state index >= 15 is 0 Å². The fraction of sp³-hybridized carbons (Fsp3) is 0.650. The van der Waals surface area contributed by atoms with E-state index in [0.29, 0.717) is 6.54 Å². The van der Waals surface area contributed by atoms with Gasteiger partial charge >= 0.3 is 0 Å². The van der Waals surface area contributed by atoms with Gasteiger partial charge in [0.2, 0.25) is 10.0 Å². The molecular weight excluding hydrogens is 487 g/mol. The van der Waals surface area contributed by atoms with Crippen LogP contribution in [0.25, 0.3) is 0 Å². The highest BCUT2D eigenvalue weighted by atomic mass is 127. The molecule has 1 aromatic rings. The molecule has 0 atom stereocenters. The number of rotatable bonds is 9. The lowest BCUT2D eigenvalue weighted by molar-refractivity contribution is 0.332. The third-order valence-electron chi connectivity index (χ3n) is 5.15. The van der Waals surface area contributed by atoms with Gasteiger partial charge in [-0.25, -0.2) is 13.1 Å². The maximum atomic E-state index is 11.7. The molecule has 1 aromatic carbocycles. The summed E-state index contributed by atoms with van der Waals surface area (Å²) in [6.45, 7) is 1.53. The molecule has 0 saturated heterocycles. The fourth-order valence-corrected chi connectivity index (χ4v) is 4.36. The Morgan fingerprint density at radius 1 is 1.14 bits per heavy atom. The lowest BCUT2D eigenvalue weighted by Crippen LogP contribution is -2.37. The highest BCUT2D eigenvalue weighted by Gasteiger charge is 2.12. The van der Waals surface area contributed by atoms with E-state index in [-0.39, 0.29) is 29.7 Å². The minimum atomic E-state index is -3.26. The van der Waals surface area contributed by atoms with Crippen LogP contribution < -0.4 is 15.4 Å². The first-order valence-corrected chi connectivity index (χ1v) is 11.6. The number of hydrogen-bond donors (Lipinski definition) is 3. The Kier molecular flexibility index (Phi) is 12.0. The van der Waals surface area contributed by atoms with Crippen molar-refractivity contribution < 1.29 is 8.42 Å². The average Bonchev–Trinajstić information content (AvgIpc) is 2.68. The van der Waals surface area contributed by atoms with Crippen LogP contribution in [0, 0.1) is 5.92 Å². The summed E-state index contributed by atoms with van der Waals surface area (Å²) < 4.78 is 25.7. The van der Waals surface area contributed by atoms with Crippen molar-refractivity contribution in [3.63, 3.8) is 0 Å². The van der Waals surface area contributed by atoms with Crippen molar-refractivity contribution in [2.45, 2.75) is 57.2 Å². The molecule has 0 bridgehead atoms. The number of guanidine groups is 1. The van der Waals surface area contributed by atoms with Crippen molar-refractivity contribution in [3.8, 4) is 0 Å². The Morgan fingerprint density at radius 3 is 2.54 bits per heavy atom. The van der Waals surface area contributed by atoms with Gasteiger partial charge in [0.15, 0.2) is 5.96 Å². The van der Waals surface area contributed by atoms with Crippen LogP contribution in [0.1, 0.15) is 56.1 Å². The van der Waals surface area contributed by atoms with Gasteiger partial charge in [-0.15, -0.1) is 24.0 Å². The minimum Gasteiger partial charge on any atom is -0.356 e. The third-order valence-corrected chi connectivity index (χ3v) is 6.48. The van der Waals surface area contributed by atoms with Gasteiger partial charge in [0.05, 0.1) is 5.75 Å². The van der Waals surface area contributed by atoms with E-state index in [2.05, 4.69) is 20.3 Å². The second kappa shape index (κ2) is 13.4. The zero-order valence-corrected chi connectivity index (χ0v) is 20.2. The monoisotopic (exact) mass is 522 g/mol. The second-order valence-corrected chi connectivity index (χ2v) is 9.21. The first-order valence-electron chi connectivity index (χ1n) is 9.96. The number of nitrogens with one attached hydrogen (secondary N) is 3. The first kappa shape index (κ1) is 25.2. The van der Waals surface area contributed by atoms with Gasteiger partial charge in [-0.05, 0) is 36.9 Å². The Bertz CT molecular complexity index is 704. The second-order valence-electron chi connectivity index (χ2n) is 7.28. The zero-order chi connectivity index (χ0) is 19.5. The van der Waals surface area contributed by atoms with E-state index in [4.69, 9.17) is 0 Å². The molecule has 160 valence electrons. The van der Waals surface area contributed by atoms with Gasteiger partial charge in [0, 0.05) is 20.1 Å². The zero-order valence-electron chi connectivity index (χ0n) is 17.0. The van der Waals surface area contributed by atoms with Gasteiger partial charge in [-0.2, -0.15) is 0 Å². The number of aliphatic imine (C=N–C) groups is 1. The number of sulfonamides is 1. The minimum absolute atomic E-state index is 0. The summed E-state index contributed by atoms with van der Waals surface area (Å²) in [5, 5.41) is 6.68. The maximum absolute atomic E-state index is 11.7. The average molecular weight is 522 g/mol. The summed E-state index contributed by atoms with van der Waals surface area (Å²) in [4.78, 5) is 4.27. The van der Waals surface area contributed by atoms with E-state index < -0.39 is 10.0 Å². The number of benzene rings is 1. The Labute approximate surface area is 187 Å². The van der Waals surface area contributed by atoms with Crippen LogP contribution in [-0.4, -0.2) is 35.0 Å². The topological polar surface area (TPSA) is 82.6 Å². The van der Waals surface area contributed by atoms with Gasteiger partial charge in [0.25, 0.3) is 0 Å². The summed E-state index contributed by atoms with van der Waals surface area (Å²) in [6, 6.07) is 7.62. The normalized spacial score (nSPS) is 15.7. The molecule has 0 aromatic heterocycles. The van der Waals surface area contributed by atoms with Crippen molar-refractivity contribution in [1.82, 2.24) is 15.4 Å². The number of hydrogen-bond acceptors (Lipinski definition) is 3. The van der Waals surface area contributed by atoms with Gasteiger partial charge in [-0.3, -0.25) is 4.99 Å². The molecule has 8 heteroatoms. The summed E-state index contributed by atoms with van der Waals surface area (Å²) >= 11 is 0. The number of halogens is 1. The fourth-order valence-electron chi connectivity index (χ4n) is 3.60. The molecule has 1 saturated carbocycles. The van der Waals surface area contributed by atoms with Gasteiger partial charge in [-0.1, -0.05) is 56.4 Å². The summed E-state index contributed by atoms with van der Waals surface area (Å²) in [6.07, 6.45) is 9.47. The van der Waals surface area contributed by atoms with Crippen molar-refractivity contribution >= 4 is 40.0 Å². The maximum Gasteiger partial charge on any atom is 0.215 e. The van der Waals surface area contributed by atoms with Crippen LogP contribution >= 0.6 is 24.0 Å². The van der Waals surface area contributed by atoms with Crippen LogP contribution in [0.4, 0.5) is 0 Å². The van der Waals surface area contributed by atoms with Crippen molar-refractivity contribution in [1.29, 1.82) is 0 Å². The molecule has 0 amide bonds. The molecule has 0 unspecified atom stereocenters. The Balaban J connectivity index is 0.00000392. The van der Waals surface area contributed by atoms with E-state index in [1.54, 1.807) is 7.05 Å². The summed E-state index contributed by atoms with van der Waals surface area (Å²) in [5.41, 5.74) is 1.81. The van der Waals surface area contributed by atoms with Crippen LogP contribution in [0.5, 0.6) is 0 Å². The smallest absolute Gasteiger partial charge is 0.215 e. The largest absolute Gasteiger partial charge is 0.356 e. The molecule has 0 heterocycles. The van der Waals surface area contributed by atoms with Gasteiger partial charge < -0.3 is 10.6 Å². The molecule has 6 nitrogen and oxygen atoms in total. The molecule has 3 N–H and O–H groups in total. The van der Waals surface area contributed by atoms with E-state index in [9.17, 15) is 8.42 Å². The lowest BCUT2D eigenvalue weighted by atomic mass is 9.86. The molecule has 0 aliphatic heterocycles. The van der Waals surface area contributed by atoms with Crippen LogP contribution in [-0.2, 0) is 22.3 Å². The molecule has 0 radical (unpaired) electrons. The lowest BCUT2D eigenvalue weighted by Gasteiger charge is -2.21. The molecule has 2 rings (SSSR count). The highest BCUT2D eigenvalue weighted by Crippen LogP contribution is 2.26. The van der Waals surface area contributed by atoms with Crippen molar-refractivity contribution in [3.05, 3.63) is 35.4 Å². The van der Waals surface area contributed by atoms with Gasteiger partial charge in [0.1, 0.15) is 0 Å². The quantitative estimate of drug-likeness (QED) is 0.201. The summed E-state index contributed by atoms with van der Waals surface area (Å²) in [7, 11) is -0.0507. The van der Waals surface area contributed by atoms with E-state index in [0.717, 1.165) is 29.5 Å². The standard InChI is InChI=1S/C20H34N4O2S.HI/c1-21-20(23-13-7-12-17-8-4-3-5-9-17)24-15-18-10-6-11-19(14-18)16-27(25,26)22-2;/h6,10-11,14,17,22H,3-5,7-9,12-13,15-16H2,1-2H3,(H2,21,23,24);1H. The van der Waals surface area contributed by atoms with Crippen LogP contribution in [0.15, 0.2) is 29.3 Å². The first-order chi connectivity index (χ1) is 13.0. The molecular formula is C20H35IN4O2S. The molecule has 0 spiro atoms. The predicted molar refractivity (Wildman–Crippen MR) is 128 cm³/mol. The Morgan fingerprint density at radius 2 is 1.86 bits per heavy atom. The predicted octanol–water partition coefficient (Wildman–Crippen LogP) is 3.38. The van der Waals surface area contributed by atoms with E-state index in [1.165, 1.54) is 52.0 Å². The molecule has 1 aliphatic carbocycles. The van der Waals surface area contributed by atoms with Crippen LogP contribution in [0.2, 0.25) is 0 Å². The van der Waals surface area contributed by atoms with Crippen LogP contribution in [0.3, 0.4) is 0 Å². The Hall–Kier alpha value is -0.870. The SMILES string of the molecule is CN=C(NCCCC1CCCCC1)NCc1cccc(CS(=O)(=O)NC)c1.I. The van der Waals surface area contributed by atoms with Crippen molar-refractivity contribution in [2.24, 2.45) is 10.9 Å². The van der Waals surface area contributed by atoms with Crippen molar-refractivity contribution in [2.75, 3.05) is 20.6 Å².